The summed E-state index contributed by atoms with van der Waals surface area (Å²) in [6.45, 7) is 7.10. The highest BCUT2D eigenvalue weighted by Gasteiger charge is 2.16. The number of hydrogen-bond donors (Lipinski definition) is 1. The quantitative estimate of drug-likeness (QED) is 0.573. The lowest BCUT2D eigenvalue weighted by molar-refractivity contribution is 0.485. The number of nitrogens with zero attached hydrogens (tertiary/aromatic N) is 6. The highest BCUT2D eigenvalue weighted by molar-refractivity contribution is 5.83. The number of pyridine rings is 1. The third-order valence-electron chi connectivity index (χ3n) is 5.35. The van der Waals surface area contributed by atoms with Crippen molar-refractivity contribution < 1.29 is 0 Å². The summed E-state index contributed by atoms with van der Waals surface area (Å²) in [4.78, 5) is 16.1. The number of nitriles is 1. The molecule has 1 saturated heterocycles. The molecule has 5 rings (SSSR count). The summed E-state index contributed by atoms with van der Waals surface area (Å²) in [7, 11) is 0. The molecule has 1 aliphatic heterocycles. The number of anilines is 1. The molecular weight excluding hydrogens is 362 g/mol. The molecular formula is C22H21N7. The third kappa shape index (κ3) is 3.18. The van der Waals surface area contributed by atoms with Gasteiger partial charge >= 0.3 is 0 Å². The molecule has 0 aliphatic carbocycles. The van der Waals surface area contributed by atoms with Gasteiger partial charge in [0.2, 0.25) is 0 Å². The second-order valence-corrected chi connectivity index (χ2v) is 7.61. The normalized spacial score (nSPS) is 17.0. The van der Waals surface area contributed by atoms with Crippen molar-refractivity contribution in [2.75, 3.05) is 24.5 Å². The van der Waals surface area contributed by atoms with E-state index in [1.165, 1.54) is 5.69 Å². The number of piperazine rings is 1. The smallest absolute Gasteiger partial charge is 0.161 e. The Hall–Kier alpha value is -3.50. The van der Waals surface area contributed by atoms with Gasteiger partial charge in [0.25, 0.3) is 0 Å². The Morgan fingerprint density at radius 1 is 1.21 bits per heavy atom. The first-order chi connectivity index (χ1) is 14.1. The molecule has 0 bridgehead atoms. The van der Waals surface area contributed by atoms with Crippen molar-refractivity contribution in [3.05, 3.63) is 54.1 Å². The highest BCUT2D eigenvalue weighted by atomic mass is 15.2. The Balaban J connectivity index is 1.54. The maximum absolute atomic E-state index is 9.51. The lowest BCUT2D eigenvalue weighted by Gasteiger charge is -2.33. The van der Waals surface area contributed by atoms with Crippen LogP contribution in [0.5, 0.6) is 0 Å². The van der Waals surface area contributed by atoms with Gasteiger partial charge in [0, 0.05) is 60.9 Å². The zero-order chi connectivity index (χ0) is 20.0. The van der Waals surface area contributed by atoms with E-state index in [9.17, 15) is 5.26 Å². The summed E-state index contributed by atoms with van der Waals surface area (Å²) in [5, 5.41) is 14.0. The molecule has 4 aromatic rings. The molecule has 1 aliphatic rings. The van der Waals surface area contributed by atoms with Crippen molar-refractivity contribution in [3.63, 3.8) is 0 Å². The molecule has 1 fully saturated rings. The number of nitrogens with one attached hydrogen (secondary N) is 1. The third-order valence-corrected chi connectivity index (χ3v) is 5.35. The molecule has 0 amide bonds. The Morgan fingerprint density at radius 2 is 2.10 bits per heavy atom. The number of aryl methyl sites for hydroxylation is 1. The number of imidazole rings is 1. The second-order valence-electron chi connectivity index (χ2n) is 7.61. The highest BCUT2D eigenvalue weighted by Crippen LogP contribution is 2.25. The van der Waals surface area contributed by atoms with Crippen LogP contribution in [0.1, 0.15) is 18.2 Å². The van der Waals surface area contributed by atoms with Crippen LogP contribution in [0.3, 0.4) is 0 Å². The molecule has 7 nitrogen and oxygen atoms in total. The van der Waals surface area contributed by atoms with Crippen LogP contribution in [-0.4, -0.2) is 45.0 Å². The minimum Gasteiger partial charge on any atom is -0.369 e. The lowest BCUT2D eigenvalue weighted by atomic mass is 10.1. The zero-order valence-electron chi connectivity index (χ0n) is 16.4. The number of rotatable bonds is 2. The van der Waals surface area contributed by atoms with E-state index in [1.807, 2.05) is 36.0 Å². The van der Waals surface area contributed by atoms with Gasteiger partial charge in [-0.2, -0.15) is 5.26 Å². The molecule has 1 atom stereocenters. The van der Waals surface area contributed by atoms with E-state index in [4.69, 9.17) is 4.98 Å². The predicted octanol–water partition coefficient (Wildman–Crippen LogP) is 2.92. The van der Waals surface area contributed by atoms with Crippen LogP contribution in [0, 0.1) is 18.3 Å². The number of hydrogen-bond acceptors (Lipinski definition) is 6. The molecule has 1 unspecified atom stereocenters. The van der Waals surface area contributed by atoms with Gasteiger partial charge in [-0.05, 0) is 38.1 Å². The predicted molar refractivity (Wildman–Crippen MR) is 113 cm³/mol. The van der Waals surface area contributed by atoms with Crippen molar-refractivity contribution in [1.29, 1.82) is 5.26 Å². The summed E-state index contributed by atoms with van der Waals surface area (Å²) in [5.74, 6) is 0.603. The summed E-state index contributed by atoms with van der Waals surface area (Å²) in [5.41, 5.74) is 4.93. The van der Waals surface area contributed by atoms with Gasteiger partial charge in [0.05, 0.1) is 16.8 Å². The average molecular weight is 383 g/mol. The molecule has 0 spiro atoms. The maximum atomic E-state index is 9.51. The molecule has 0 radical (unpaired) electrons. The van der Waals surface area contributed by atoms with Crippen molar-refractivity contribution >= 4 is 22.2 Å². The molecule has 1 N–H and O–H groups in total. The van der Waals surface area contributed by atoms with Gasteiger partial charge in [-0.1, -0.05) is 0 Å². The van der Waals surface area contributed by atoms with Crippen molar-refractivity contribution in [2.45, 2.75) is 19.9 Å². The fraction of sp³-hybridized carbons (Fsp3) is 0.273. The van der Waals surface area contributed by atoms with E-state index in [2.05, 4.69) is 45.3 Å². The molecule has 3 aromatic heterocycles. The van der Waals surface area contributed by atoms with Gasteiger partial charge in [0.15, 0.2) is 11.5 Å². The minimum atomic E-state index is 0.481. The lowest BCUT2D eigenvalue weighted by Crippen LogP contribution is -2.49. The monoisotopic (exact) mass is 383 g/mol. The molecule has 29 heavy (non-hydrogen) atoms. The standard InChI is InChI=1S/C22H21N7/c1-14-11-28(6-5-24-14)19-3-4-20-17(8-19)10-25-21(27-20)18-7-16(9-23)22-26-15(2)12-29(22)13-18/h3-4,7-8,10,12-14,24H,5-6,11H2,1-2H3. The first kappa shape index (κ1) is 17.6. The first-order valence-corrected chi connectivity index (χ1v) is 9.76. The Morgan fingerprint density at radius 3 is 2.93 bits per heavy atom. The van der Waals surface area contributed by atoms with E-state index in [-0.39, 0.29) is 0 Å². The molecule has 144 valence electrons. The number of fused-ring (bicyclic) bond motifs is 2. The van der Waals surface area contributed by atoms with Crippen molar-refractivity contribution in [3.8, 4) is 17.5 Å². The van der Waals surface area contributed by atoms with Crippen LogP contribution in [0.25, 0.3) is 27.9 Å². The molecule has 4 heterocycles. The van der Waals surface area contributed by atoms with Crippen LogP contribution >= 0.6 is 0 Å². The second kappa shape index (κ2) is 6.83. The van der Waals surface area contributed by atoms with Crippen molar-refractivity contribution in [1.82, 2.24) is 24.7 Å². The number of aromatic nitrogens is 4. The van der Waals surface area contributed by atoms with E-state index in [0.29, 0.717) is 23.1 Å². The summed E-state index contributed by atoms with van der Waals surface area (Å²) >= 11 is 0. The Kier molecular flexibility index (Phi) is 4.14. The first-order valence-electron chi connectivity index (χ1n) is 9.76. The van der Waals surface area contributed by atoms with Crippen LogP contribution in [0.15, 0.2) is 42.9 Å². The van der Waals surface area contributed by atoms with Crippen LogP contribution < -0.4 is 10.2 Å². The van der Waals surface area contributed by atoms with Gasteiger partial charge in [-0.15, -0.1) is 0 Å². The van der Waals surface area contributed by atoms with E-state index in [1.54, 1.807) is 6.07 Å². The van der Waals surface area contributed by atoms with Gasteiger partial charge < -0.3 is 14.6 Å². The van der Waals surface area contributed by atoms with Crippen LogP contribution in [-0.2, 0) is 0 Å². The minimum absolute atomic E-state index is 0.481. The van der Waals surface area contributed by atoms with E-state index in [0.717, 1.165) is 41.8 Å². The fourth-order valence-electron chi connectivity index (χ4n) is 3.95. The maximum Gasteiger partial charge on any atom is 0.161 e. The fourth-order valence-corrected chi connectivity index (χ4v) is 3.95. The Bertz CT molecular complexity index is 1270. The van der Waals surface area contributed by atoms with Gasteiger partial charge in [0.1, 0.15) is 6.07 Å². The summed E-state index contributed by atoms with van der Waals surface area (Å²) < 4.78 is 1.87. The van der Waals surface area contributed by atoms with E-state index < -0.39 is 0 Å². The topological polar surface area (TPSA) is 82.1 Å². The van der Waals surface area contributed by atoms with Crippen LogP contribution in [0.4, 0.5) is 5.69 Å². The van der Waals surface area contributed by atoms with Gasteiger partial charge in [-0.25, -0.2) is 15.0 Å². The molecule has 7 heteroatoms. The molecule has 0 saturated carbocycles. The van der Waals surface area contributed by atoms with Gasteiger partial charge in [-0.3, -0.25) is 0 Å². The summed E-state index contributed by atoms with van der Waals surface area (Å²) in [6, 6.07) is 10.8. The van der Waals surface area contributed by atoms with Crippen LogP contribution in [0.2, 0.25) is 0 Å². The van der Waals surface area contributed by atoms with E-state index >= 15 is 0 Å². The Labute approximate surface area is 168 Å². The zero-order valence-corrected chi connectivity index (χ0v) is 16.4. The SMILES string of the molecule is Cc1cn2cc(-c3ncc4cc(N5CCNC(C)C5)ccc4n3)cc(C#N)c2n1. The molecule has 1 aromatic carbocycles. The summed E-state index contributed by atoms with van der Waals surface area (Å²) in [6.07, 6.45) is 5.69. The van der Waals surface area contributed by atoms with Crippen molar-refractivity contribution in [2.24, 2.45) is 0 Å². The average Bonchev–Trinajstić information content (AvgIpc) is 3.12. The number of benzene rings is 1. The largest absolute Gasteiger partial charge is 0.369 e.